The summed E-state index contributed by atoms with van der Waals surface area (Å²) < 4.78 is 0. The van der Waals surface area contributed by atoms with Crippen LogP contribution in [0.4, 0.5) is 0 Å². The number of aromatic hydroxyl groups is 2. The molecule has 0 aliphatic heterocycles. The number of hydrogen-bond acceptors (Lipinski definition) is 2. The molecule has 0 aromatic heterocycles. The van der Waals surface area contributed by atoms with E-state index in [0.29, 0.717) is 17.6 Å². The molecule has 2 heteroatoms. The molecule has 1 aliphatic rings. The van der Waals surface area contributed by atoms with E-state index in [9.17, 15) is 10.2 Å². The van der Waals surface area contributed by atoms with Gasteiger partial charge in [-0.1, -0.05) is 45.0 Å². The van der Waals surface area contributed by atoms with Crippen molar-refractivity contribution in [2.45, 2.75) is 38.5 Å². The Bertz CT molecular complexity index is 677. The molecule has 0 bridgehead atoms. The Labute approximate surface area is 126 Å². The molecule has 2 aromatic carbocycles. The Balaban J connectivity index is 2.27. The average molecular weight is 282 g/mol. The molecular weight excluding hydrogens is 260 g/mol. The lowest BCUT2D eigenvalue weighted by Crippen LogP contribution is -2.34. The summed E-state index contributed by atoms with van der Waals surface area (Å²) in [6.07, 6.45) is 0.961. The molecule has 2 aromatic rings. The Kier molecular flexibility index (Phi) is 3.20. The first-order valence-corrected chi connectivity index (χ1v) is 7.55. The van der Waals surface area contributed by atoms with Gasteiger partial charge in [0.05, 0.1) is 0 Å². The van der Waals surface area contributed by atoms with E-state index in [-0.39, 0.29) is 11.2 Å². The summed E-state index contributed by atoms with van der Waals surface area (Å²) in [6, 6.07) is 13.2. The van der Waals surface area contributed by atoms with Gasteiger partial charge in [0.1, 0.15) is 11.5 Å². The number of hydrogen-bond donors (Lipinski definition) is 2. The van der Waals surface area contributed by atoms with Gasteiger partial charge in [0.25, 0.3) is 0 Å². The minimum absolute atomic E-state index is 0.272. The molecule has 0 radical (unpaired) electrons. The quantitative estimate of drug-likeness (QED) is 0.805. The van der Waals surface area contributed by atoms with Gasteiger partial charge in [0, 0.05) is 11.0 Å². The third kappa shape index (κ3) is 2.10. The zero-order valence-corrected chi connectivity index (χ0v) is 12.8. The molecule has 0 fully saturated rings. The topological polar surface area (TPSA) is 40.5 Å². The van der Waals surface area contributed by atoms with E-state index in [2.05, 4.69) is 26.8 Å². The van der Waals surface area contributed by atoms with Crippen molar-refractivity contribution in [1.82, 2.24) is 0 Å². The van der Waals surface area contributed by atoms with Crippen LogP contribution in [0.2, 0.25) is 0 Å². The molecule has 0 saturated heterocycles. The first-order valence-electron chi connectivity index (χ1n) is 7.55. The fourth-order valence-electron chi connectivity index (χ4n) is 3.88. The fourth-order valence-corrected chi connectivity index (χ4v) is 3.88. The molecule has 3 rings (SSSR count). The van der Waals surface area contributed by atoms with Crippen LogP contribution in [0.3, 0.4) is 0 Å². The van der Waals surface area contributed by atoms with Gasteiger partial charge in [-0.3, -0.25) is 0 Å². The van der Waals surface area contributed by atoms with E-state index in [0.717, 1.165) is 17.5 Å². The summed E-state index contributed by atoms with van der Waals surface area (Å²) in [5.41, 5.74) is 3.02. The monoisotopic (exact) mass is 282 g/mol. The summed E-state index contributed by atoms with van der Waals surface area (Å²) in [6.45, 7) is 6.66. The Morgan fingerprint density at radius 2 is 1.76 bits per heavy atom. The highest BCUT2D eigenvalue weighted by Gasteiger charge is 2.41. The van der Waals surface area contributed by atoms with Crippen molar-refractivity contribution in [2.75, 3.05) is 0 Å². The highest BCUT2D eigenvalue weighted by Crippen LogP contribution is 2.52. The number of phenolic OH excluding ortho intramolecular Hbond substituents is 2. The lowest BCUT2D eigenvalue weighted by Gasteiger charge is -2.43. The van der Waals surface area contributed by atoms with Crippen LogP contribution in [0, 0.1) is 5.92 Å². The van der Waals surface area contributed by atoms with Crippen molar-refractivity contribution < 1.29 is 10.2 Å². The molecule has 3 atom stereocenters. The number of fused-ring (bicyclic) bond motifs is 1. The van der Waals surface area contributed by atoms with E-state index in [1.165, 1.54) is 5.56 Å². The minimum Gasteiger partial charge on any atom is -0.508 e. The van der Waals surface area contributed by atoms with Crippen molar-refractivity contribution in [1.29, 1.82) is 0 Å². The van der Waals surface area contributed by atoms with Crippen molar-refractivity contribution >= 4 is 0 Å². The second-order valence-corrected chi connectivity index (χ2v) is 6.59. The van der Waals surface area contributed by atoms with Crippen LogP contribution in [0.25, 0.3) is 0 Å². The Hall–Kier alpha value is -1.96. The van der Waals surface area contributed by atoms with Gasteiger partial charge >= 0.3 is 0 Å². The van der Waals surface area contributed by atoms with Crippen molar-refractivity contribution in [2.24, 2.45) is 5.92 Å². The Morgan fingerprint density at radius 1 is 1.05 bits per heavy atom. The predicted octanol–water partition coefficient (Wildman–Crippen LogP) is 4.55. The van der Waals surface area contributed by atoms with Crippen molar-refractivity contribution in [3.63, 3.8) is 0 Å². The van der Waals surface area contributed by atoms with E-state index in [4.69, 9.17) is 0 Å². The zero-order valence-electron chi connectivity index (χ0n) is 12.8. The van der Waals surface area contributed by atoms with E-state index >= 15 is 0 Å². The second-order valence-electron chi connectivity index (χ2n) is 6.59. The van der Waals surface area contributed by atoms with Crippen LogP contribution >= 0.6 is 0 Å². The van der Waals surface area contributed by atoms with Gasteiger partial charge in [-0.15, -0.1) is 0 Å². The SMILES string of the molecule is CC1CC(C)(c2cccc(O)c2)c2c(O)cccc2C1C. The summed E-state index contributed by atoms with van der Waals surface area (Å²) in [5, 5.41) is 20.3. The second kappa shape index (κ2) is 4.80. The highest BCUT2D eigenvalue weighted by molar-refractivity contribution is 5.54. The number of benzene rings is 2. The Morgan fingerprint density at radius 3 is 2.48 bits per heavy atom. The maximum Gasteiger partial charge on any atom is 0.119 e. The zero-order chi connectivity index (χ0) is 15.2. The van der Waals surface area contributed by atoms with Crippen LogP contribution in [0.15, 0.2) is 42.5 Å². The summed E-state index contributed by atoms with van der Waals surface area (Å²) >= 11 is 0. The maximum absolute atomic E-state index is 10.5. The molecule has 0 heterocycles. The molecule has 0 spiro atoms. The molecule has 3 unspecified atom stereocenters. The smallest absolute Gasteiger partial charge is 0.119 e. The molecule has 0 amide bonds. The molecular formula is C19H22O2. The fraction of sp³-hybridized carbons (Fsp3) is 0.368. The van der Waals surface area contributed by atoms with Crippen molar-refractivity contribution in [3.8, 4) is 11.5 Å². The van der Waals surface area contributed by atoms with Gasteiger partial charge in [0.15, 0.2) is 0 Å². The van der Waals surface area contributed by atoms with Crippen LogP contribution < -0.4 is 0 Å². The normalized spacial score (nSPS) is 28.1. The molecule has 2 nitrogen and oxygen atoms in total. The summed E-state index contributed by atoms with van der Waals surface area (Å²) in [7, 11) is 0. The molecule has 21 heavy (non-hydrogen) atoms. The number of rotatable bonds is 1. The van der Waals surface area contributed by atoms with Crippen LogP contribution in [0.1, 0.15) is 49.8 Å². The van der Waals surface area contributed by atoms with Crippen LogP contribution in [0.5, 0.6) is 11.5 Å². The highest BCUT2D eigenvalue weighted by atomic mass is 16.3. The molecule has 0 saturated carbocycles. The lowest BCUT2D eigenvalue weighted by atomic mass is 9.61. The predicted molar refractivity (Wildman–Crippen MR) is 84.9 cm³/mol. The van der Waals surface area contributed by atoms with E-state index in [1.807, 2.05) is 24.3 Å². The van der Waals surface area contributed by atoms with Gasteiger partial charge in [0.2, 0.25) is 0 Å². The lowest BCUT2D eigenvalue weighted by molar-refractivity contribution is 0.316. The molecule has 110 valence electrons. The molecule has 1 aliphatic carbocycles. The van der Waals surface area contributed by atoms with E-state index < -0.39 is 0 Å². The first kappa shape index (κ1) is 14.0. The van der Waals surface area contributed by atoms with Gasteiger partial charge in [-0.2, -0.15) is 0 Å². The van der Waals surface area contributed by atoms with E-state index in [1.54, 1.807) is 12.1 Å². The van der Waals surface area contributed by atoms with Crippen molar-refractivity contribution in [3.05, 3.63) is 59.2 Å². The first-order chi connectivity index (χ1) is 9.93. The van der Waals surface area contributed by atoms with Gasteiger partial charge in [-0.25, -0.2) is 0 Å². The van der Waals surface area contributed by atoms with Gasteiger partial charge in [-0.05, 0) is 47.6 Å². The third-order valence-electron chi connectivity index (χ3n) is 5.18. The largest absolute Gasteiger partial charge is 0.508 e. The molecule has 2 N–H and O–H groups in total. The van der Waals surface area contributed by atoms with Crippen LogP contribution in [-0.4, -0.2) is 10.2 Å². The minimum atomic E-state index is -0.272. The number of phenols is 2. The standard InChI is InChI=1S/C19H22O2/c1-12-11-19(3,14-6-4-7-15(20)10-14)18-16(13(12)2)8-5-9-17(18)21/h4-10,12-13,20-21H,11H2,1-3H3. The van der Waals surface area contributed by atoms with Crippen LogP contribution in [-0.2, 0) is 5.41 Å². The third-order valence-corrected chi connectivity index (χ3v) is 5.18. The maximum atomic E-state index is 10.5. The van der Waals surface area contributed by atoms with Gasteiger partial charge < -0.3 is 10.2 Å². The summed E-state index contributed by atoms with van der Waals surface area (Å²) in [4.78, 5) is 0. The summed E-state index contributed by atoms with van der Waals surface area (Å²) in [5.74, 6) is 1.58. The average Bonchev–Trinajstić information content (AvgIpc) is 2.44.